The van der Waals surface area contributed by atoms with Crippen molar-refractivity contribution in [3.05, 3.63) is 56.7 Å². The van der Waals surface area contributed by atoms with Crippen LogP contribution in [0.3, 0.4) is 0 Å². The predicted molar refractivity (Wildman–Crippen MR) is 133 cm³/mol. The Kier molecular flexibility index (Phi) is 9.87. The highest BCUT2D eigenvalue weighted by atomic mass is 35.5. The highest BCUT2D eigenvalue weighted by molar-refractivity contribution is 8.03. The zero-order valence-electron chi connectivity index (χ0n) is 19.5. The van der Waals surface area contributed by atoms with Crippen molar-refractivity contribution in [1.82, 2.24) is 10.6 Å². The normalized spacial score (nSPS) is 18.8. The molecule has 9 heteroatoms. The highest BCUT2D eigenvalue weighted by Crippen LogP contribution is 2.41. The highest BCUT2D eigenvalue weighted by Gasteiger charge is 2.35. The van der Waals surface area contributed by atoms with Crippen molar-refractivity contribution in [1.29, 1.82) is 5.26 Å². The van der Waals surface area contributed by atoms with Crippen LogP contribution in [0.25, 0.3) is 0 Å². The van der Waals surface area contributed by atoms with Crippen LogP contribution in [0.15, 0.2) is 46.1 Å². The molecule has 1 amide bonds. The van der Waals surface area contributed by atoms with Gasteiger partial charge < -0.3 is 20.1 Å². The average molecular weight is 504 g/mol. The number of benzene rings is 1. The van der Waals surface area contributed by atoms with E-state index in [0.717, 1.165) is 31.2 Å². The van der Waals surface area contributed by atoms with Crippen LogP contribution in [0.1, 0.15) is 50.5 Å². The van der Waals surface area contributed by atoms with Gasteiger partial charge in [0.05, 0.1) is 40.5 Å². The number of esters is 1. The van der Waals surface area contributed by atoms with Crippen molar-refractivity contribution < 1.29 is 19.1 Å². The van der Waals surface area contributed by atoms with Crippen LogP contribution in [-0.4, -0.2) is 44.0 Å². The van der Waals surface area contributed by atoms with Gasteiger partial charge in [-0.05, 0) is 37.5 Å². The summed E-state index contributed by atoms with van der Waals surface area (Å²) in [7, 11) is 1.53. The van der Waals surface area contributed by atoms with Crippen LogP contribution in [-0.2, 0) is 19.1 Å². The topological polar surface area (TPSA) is 100 Å². The first-order valence-electron chi connectivity index (χ1n) is 11.4. The predicted octanol–water partition coefficient (Wildman–Crippen LogP) is 4.41. The summed E-state index contributed by atoms with van der Waals surface area (Å²) in [5.41, 5.74) is 2.04. The second kappa shape index (κ2) is 12.8. The number of carbonyl (C=O) groups excluding carboxylic acids is 2. The number of hydrogen-bond acceptors (Lipinski definition) is 7. The summed E-state index contributed by atoms with van der Waals surface area (Å²) in [5.74, 6) is -1.03. The number of nitrogens with one attached hydrogen (secondary N) is 2. The fourth-order valence-electron chi connectivity index (χ4n) is 4.23. The molecule has 1 atom stereocenters. The summed E-state index contributed by atoms with van der Waals surface area (Å²) >= 11 is 7.34. The van der Waals surface area contributed by atoms with Crippen LogP contribution in [0, 0.1) is 11.3 Å². The van der Waals surface area contributed by atoms with E-state index in [1.54, 1.807) is 31.2 Å². The van der Waals surface area contributed by atoms with Crippen molar-refractivity contribution in [2.75, 3.05) is 26.1 Å². The SMILES string of the molecule is COCCOC(=O)C1=C(C)NC(SCC(=O)NC2CCCCC2)=C(C#N)C1c1ccc(Cl)cc1. The lowest BCUT2D eigenvalue weighted by molar-refractivity contribution is -0.140. The molecule has 182 valence electrons. The first-order valence-corrected chi connectivity index (χ1v) is 12.8. The Morgan fingerprint density at radius 3 is 2.56 bits per heavy atom. The molecule has 1 saturated carbocycles. The molecule has 0 radical (unpaired) electrons. The Balaban J connectivity index is 1.84. The number of carbonyl (C=O) groups is 2. The number of hydrogen-bond donors (Lipinski definition) is 2. The molecule has 1 fully saturated rings. The Hall–Kier alpha value is -2.47. The molecule has 2 aliphatic rings. The number of halogens is 1. The summed E-state index contributed by atoms with van der Waals surface area (Å²) in [4.78, 5) is 25.5. The summed E-state index contributed by atoms with van der Waals surface area (Å²) in [5, 5.41) is 17.5. The molecule has 3 rings (SSSR count). The van der Waals surface area contributed by atoms with E-state index in [1.807, 2.05) is 0 Å². The molecular weight excluding hydrogens is 474 g/mol. The lowest BCUT2D eigenvalue weighted by atomic mass is 9.82. The molecule has 2 N–H and O–H groups in total. The number of rotatable bonds is 9. The Bertz CT molecular complexity index is 994. The molecule has 0 spiro atoms. The van der Waals surface area contributed by atoms with E-state index in [4.69, 9.17) is 21.1 Å². The number of nitrogens with zero attached hydrogens (tertiary/aromatic N) is 1. The fourth-order valence-corrected chi connectivity index (χ4v) is 5.26. The Morgan fingerprint density at radius 1 is 1.21 bits per heavy atom. The summed E-state index contributed by atoms with van der Waals surface area (Å²) < 4.78 is 10.4. The van der Waals surface area contributed by atoms with Crippen LogP contribution in [0.5, 0.6) is 0 Å². The summed E-state index contributed by atoms with van der Waals surface area (Å²) in [6.45, 7) is 2.15. The number of ether oxygens (including phenoxy) is 2. The maximum Gasteiger partial charge on any atom is 0.336 e. The van der Waals surface area contributed by atoms with E-state index in [9.17, 15) is 14.9 Å². The minimum atomic E-state index is -0.637. The van der Waals surface area contributed by atoms with E-state index in [1.165, 1.54) is 25.3 Å². The van der Waals surface area contributed by atoms with E-state index in [0.29, 0.717) is 26.9 Å². The molecule has 1 aliphatic heterocycles. The third-order valence-electron chi connectivity index (χ3n) is 5.91. The quantitative estimate of drug-likeness (QED) is 0.380. The zero-order chi connectivity index (χ0) is 24.5. The van der Waals surface area contributed by atoms with E-state index in [-0.39, 0.29) is 30.9 Å². The molecule has 1 unspecified atom stereocenters. The lowest BCUT2D eigenvalue weighted by Gasteiger charge is -2.29. The number of amides is 1. The van der Waals surface area contributed by atoms with Gasteiger partial charge in [0, 0.05) is 23.9 Å². The number of allylic oxidation sites excluding steroid dienone is 2. The Morgan fingerprint density at radius 2 is 1.91 bits per heavy atom. The molecule has 7 nitrogen and oxygen atoms in total. The standard InChI is InChI=1S/C25H30ClN3O4S/c1-16-22(25(31)33-13-12-32-2)23(17-8-10-18(26)11-9-17)20(14-27)24(28-16)34-15-21(30)29-19-6-4-3-5-7-19/h8-11,19,23,28H,3-7,12-13,15H2,1-2H3,(H,29,30). The number of nitriles is 1. The lowest BCUT2D eigenvalue weighted by Crippen LogP contribution is -2.37. The van der Waals surface area contributed by atoms with Crippen molar-refractivity contribution in [2.45, 2.75) is 51.0 Å². The second-order valence-electron chi connectivity index (χ2n) is 8.32. The van der Waals surface area contributed by atoms with Crippen molar-refractivity contribution >= 4 is 35.2 Å². The van der Waals surface area contributed by atoms with Gasteiger partial charge in [0.15, 0.2) is 0 Å². The van der Waals surface area contributed by atoms with Crippen molar-refractivity contribution in [3.8, 4) is 6.07 Å². The molecule has 0 saturated heterocycles. The summed E-state index contributed by atoms with van der Waals surface area (Å²) in [6, 6.07) is 9.52. The van der Waals surface area contributed by atoms with Gasteiger partial charge in [-0.1, -0.05) is 54.8 Å². The van der Waals surface area contributed by atoms with Gasteiger partial charge in [-0.15, -0.1) is 0 Å². The molecule has 1 aromatic rings. The van der Waals surface area contributed by atoms with Gasteiger partial charge in [0.2, 0.25) is 5.91 Å². The van der Waals surface area contributed by atoms with Gasteiger partial charge in [-0.3, -0.25) is 4.79 Å². The second-order valence-corrected chi connectivity index (χ2v) is 9.74. The Labute approximate surface area is 209 Å². The molecule has 1 aliphatic carbocycles. The third kappa shape index (κ3) is 6.78. The van der Waals surface area contributed by atoms with Crippen LogP contribution in [0.4, 0.5) is 0 Å². The fraction of sp³-hybridized carbons (Fsp3) is 0.480. The van der Waals surface area contributed by atoms with E-state index < -0.39 is 11.9 Å². The monoisotopic (exact) mass is 503 g/mol. The number of thioether (sulfide) groups is 1. The molecule has 1 heterocycles. The largest absolute Gasteiger partial charge is 0.460 e. The van der Waals surface area contributed by atoms with Gasteiger partial charge in [0.25, 0.3) is 0 Å². The maximum absolute atomic E-state index is 13.0. The van der Waals surface area contributed by atoms with Crippen LogP contribution < -0.4 is 10.6 Å². The maximum atomic E-state index is 13.0. The van der Waals surface area contributed by atoms with E-state index >= 15 is 0 Å². The van der Waals surface area contributed by atoms with Crippen molar-refractivity contribution in [2.24, 2.45) is 0 Å². The first kappa shape index (κ1) is 26.1. The molecule has 34 heavy (non-hydrogen) atoms. The molecule has 0 aromatic heterocycles. The first-order chi connectivity index (χ1) is 16.4. The minimum absolute atomic E-state index is 0.0575. The molecular formula is C25H30ClN3O4S. The summed E-state index contributed by atoms with van der Waals surface area (Å²) in [6.07, 6.45) is 5.52. The van der Waals surface area contributed by atoms with Gasteiger partial charge in [-0.25, -0.2) is 4.79 Å². The minimum Gasteiger partial charge on any atom is -0.460 e. The number of dihydropyridines is 1. The van der Waals surface area contributed by atoms with Crippen molar-refractivity contribution in [3.63, 3.8) is 0 Å². The van der Waals surface area contributed by atoms with Gasteiger partial charge >= 0.3 is 5.97 Å². The number of methoxy groups -OCH3 is 1. The smallest absolute Gasteiger partial charge is 0.336 e. The molecule has 1 aromatic carbocycles. The van der Waals surface area contributed by atoms with Crippen LogP contribution in [0.2, 0.25) is 5.02 Å². The average Bonchev–Trinajstić information content (AvgIpc) is 2.83. The zero-order valence-corrected chi connectivity index (χ0v) is 21.1. The molecule has 0 bridgehead atoms. The third-order valence-corrected chi connectivity index (χ3v) is 7.18. The van der Waals surface area contributed by atoms with E-state index in [2.05, 4.69) is 16.7 Å². The van der Waals surface area contributed by atoms with Gasteiger partial charge in [-0.2, -0.15) is 5.26 Å². The van der Waals surface area contributed by atoms with Crippen LogP contribution >= 0.6 is 23.4 Å². The van der Waals surface area contributed by atoms with Gasteiger partial charge in [0.1, 0.15) is 6.61 Å².